The quantitative estimate of drug-likeness (QED) is 0.891. The Morgan fingerprint density at radius 2 is 2.32 bits per heavy atom. The Morgan fingerprint density at radius 3 is 3.05 bits per heavy atom. The van der Waals surface area contributed by atoms with Crippen LogP contribution in [0.3, 0.4) is 0 Å². The third kappa shape index (κ3) is 2.29. The van der Waals surface area contributed by atoms with Gasteiger partial charge in [0, 0.05) is 27.9 Å². The lowest BCUT2D eigenvalue weighted by atomic mass is 10.1. The topological polar surface area (TPSA) is 62.2 Å². The Balaban J connectivity index is 2.02. The van der Waals surface area contributed by atoms with E-state index in [2.05, 4.69) is 10.3 Å². The lowest BCUT2D eigenvalue weighted by Gasteiger charge is -2.14. The van der Waals surface area contributed by atoms with Crippen molar-refractivity contribution in [1.82, 2.24) is 10.3 Å². The van der Waals surface area contributed by atoms with Crippen molar-refractivity contribution in [3.63, 3.8) is 0 Å². The fraction of sp³-hybridized carbons (Fsp3) is 0.231. The molecule has 2 aromatic rings. The molecule has 1 fully saturated rings. The molecule has 6 heteroatoms. The number of pyridine rings is 1. The van der Waals surface area contributed by atoms with Crippen molar-refractivity contribution < 1.29 is 9.90 Å². The average Bonchev–Trinajstić information content (AvgIpc) is 2.89. The molecule has 0 spiro atoms. The molecule has 2 heterocycles. The second-order valence-corrected chi connectivity index (χ2v) is 5.85. The maximum absolute atomic E-state index is 11.0. The normalized spacial score (nSPS) is 22.8. The van der Waals surface area contributed by atoms with E-state index in [4.69, 9.17) is 16.7 Å². The zero-order chi connectivity index (χ0) is 13.4. The first-order valence-corrected chi connectivity index (χ1v) is 7.23. The van der Waals surface area contributed by atoms with Crippen molar-refractivity contribution in [1.29, 1.82) is 0 Å². The van der Waals surface area contributed by atoms with Crippen molar-refractivity contribution in [3.8, 4) is 0 Å². The summed E-state index contributed by atoms with van der Waals surface area (Å²) in [4.78, 5) is 15.4. The van der Waals surface area contributed by atoms with E-state index in [1.807, 2.05) is 24.3 Å². The zero-order valence-electron chi connectivity index (χ0n) is 9.84. The summed E-state index contributed by atoms with van der Waals surface area (Å²) in [6.07, 6.45) is 1.72. The van der Waals surface area contributed by atoms with Crippen LogP contribution in [0, 0.1) is 0 Å². The molecule has 0 saturated carbocycles. The van der Waals surface area contributed by atoms with Crippen LogP contribution in [-0.2, 0) is 4.79 Å². The molecule has 1 saturated heterocycles. The summed E-state index contributed by atoms with van der Waals surface area (Å²) in [5.74, 6) is -0.266. The molecule has 3 rings (SSSR count). The predicted octanol–water partition coefficient (Wildman–Crippen LogP) is 2.68. The largest absolute Gasteiger partial charge is 0.480 e. The highest BCUT2D eigenvalue weighted by molar-refractivity contribution is 7.99. The van der Waals surface area contributed by atoms with Gasteiger partial charge in [-0.2, -0.15) is 0 Å². The fourth-order valence-corrected chi connectivity index (χ4v) is 3.63. The second kappa shape index (κ2) is 5.00. The molecule has 1 aliphatic heterocycles. The van der Waals surface area contributed by atoms with Crippen LogP contribution in [0.1, 0.15) is 10.9 Å². The molecule has 0 bridgehead atoms. The third-order valence-electron chi connectivity index (χ3n) is 3.11. The highest BCUT2D eigenvalue weighted by atomic mass is 35.5. The van der Waals surface area contributed by atoms with Crippen molar-refractivity contribution in [2.24, 2.45) is 0 Å². The van der Waals surface area contributed by atoms with Gasteiger partial charge in [-0.25, -0.2) is 0 Å². The maximum atomic E-state index is 11.0. The summed E-state index contributed by atoms with van der Waals surface area (Å²) in [6.45, 7) is 0. The summed E-state index contributed by atoms with van der Waals surface area (Å²) in [5.41, 5.74) is 1.81. The van der Waals surface area contributed by atoms with Gasteiger partial charge in [0.25, 0.3) is 0 Å². The summed E-state index contributed by atoms with van der Waals surface area (Å²) >= 11 is 7.73. The lowest BCUT2D eigenvalue weighted by Crippen LogP contribution is -2.33. The molecular weight excluding hydrogens is 284 g/mol. The van der Waals surface area contributed by atoms with E-state index >= 15 is 0 Å². The number of carboxylic acids is 1. The van der Waals surface area contributed by atoms with Crippen molar-refractivity contribution in [3.05, 3.63) is 41.0 Å². The van der Waals surface area contributed by atoms with Gasteiger partial charge in [0.15, 0.2) is 0 Å². The maximum Gasteiger partial charge on any atom is 0.321 e. The van der Waals surface area contributed by atoms with Crippen LogP contribution >= 0.6 is 23.4 Å². The molecule has 1 aromatic carbocycles. The number of fused-ring (bicyclic) bond motifs is 1. The first-order valence-electron chi connectivity index (χ1n) is 5.80. The molecule has 1 unspecified atom stereocenters. The zero-order valence-corrected chi connectivity index (χ0v) is 11.4. The van der Waals surface area contributed by atoms with Gasteiger partial charge in [-0.15, -0.1) is 11.8 Å². The first-order chi connectivity index (χ1) is 9.16. The summed E-state index contributed by atoms with van der Waals surface area (Å²) < 4.78 is 0. The van der Waals surface area contributed by atoms with E-state index in [0.717, 1.165) is 16.5 Å². The summed E-state index contributed by atoms with van der Waals surface area (Å²) in [7, 11) is 0. The number of nitrogens with zero attached hydrogens (tertiary/aromatic N) is 1. The molecule has 19 heavy (non-hydrogen) atoms. The molecule has 0 aliphatic carbocycles. The molecule has 4 nitrogen and oxygen atoms in total. The number of rotatable bonds is 2. The Kier molecular flexibility index (Phi) is 3.35. The van der Waals surface area contributed by atoms with Crippen molar-refractivity contribution in [2.75, 3.05) is 5.75 Å². The van der Waals surface area contributed by atoms with E-state index in [1.165, 1.54) is 0 Å². The average molecular weight is 295 g/mol. The fourth-order valence-electron chi connectivity index (χ4n) is 2.16. The number of benzene rings is 1. The number of halogens is 1. The predicted molar refractivity (Wildman–Crippen MR) is 76.5 cm³/mol. The minimum atomic E-state index is -0.818. The van der Waals surface area contributed by atoms with Crippen LogP contribution < -0.4 is 5.32 Å². The smallest absolute Gasteiger partial charge is 0.321 e. The van der Waals surface area contributed by atoms with Gasteiger partial charge in [-0.05, 0) is 18.2 Å². The van der Waals surface area contributed by atoms with Crippen LogP contribution in [0.2, 0.25) is 5.02 Å². The van der Waals surface area contributed by atoms with E-state index in [9.17, 15) is 4.79 Å². The van der Waals surface area contributed by atoms with E-state index in [1.54, 1.807) is 18.0 Å². The minimum Gasteiger partial charge on any atom is -0.480 e. The van der Waals surface area contributed by atoms with E-state index in [-0.39, 0.29) is 5.37 Å². The molecular formula is C13H11ClN2O2S. The van der Waals surface area contributed by atoms with Gasteiger partial charge in [0.2, 0.25) is 0 Å². The number of aromatic nitrogens is 1. The molecule has 98 valence electrons. The van der Waals surface area contributed by atoms with E-state index in [0.29, 0.717) is 10.8 Å². The molecule has 2 N–H and O–H groups in total. The number of nitrogens with one attached hydrogen (secondary N) is 1. The minimum absolute atomic E-state index is 0.0595. The second-order valence-electron chi connectivity index (χ2n) is 4.31. The number of carbonyl (C=O) groups is 1. The van der Waals surface area contributed by atoms with Crippen LogP contribution in [0.15, 0.2) is 30.5 Å². The van der Waals surface area contributed by atoms with Gasteiger partial charge < -0.3 is 5.11 Å². The molecule has 2 atom stereocenters. The first kappa shape index (κ1) is 12.7. The van der Waals surface area contributed by atoms with Crippen LogP contribution in [-0.4, -0.2) is 27.9 Å². The number of hydrogen-bond acceptors (Lipinski definition) is 4. The number of carboxylic acid groups (broad SMARTS) is 1. The van der Waals surface area contributed by atoms with Gasteiger partial charge in [0.05, 0.1) is 10.9 Å². The van der Waals surface area contributed by atoms with Crippen LogP contribution in [0.5, 0.6) is 0 Å². The number of hydrogen-bond donors (Lipinski definition) is 2. The summed E-state index contributed by atoms with van der Waals surface area (Å²) in [5, 5.41) is 13.6. The van der Waals surface area contributed by atoms with Gasteiger partial charge in [-0.1, -0.05) is 17.7 Å². The van der Waals surface area contributed by atoms with Crippen molar-refractivity contribution in [2.45, 2.75) is 11.4 Å². The number of aliphatic carboxylic acids is 1. The molecule has 0 radical (unpaired) electrons. The van der Waals surface area contributed by atoms with Crippen LogP contribution in [0.25, 0.3) is 10.9 Å². The third-order valence-corrected chi connectivity index (χ3v) is 4.69. The van der Waals surface area contributed by atoms with Crippen molar-refractivity contribution >= 4 is 40.2 Å². The Labute approximate surface area is 119 Å². The van der Waals surface area contributed by atoms with Gasteiger partial charge in [0.1, 0.15) is 6.04 Å². The monoisotopic (exact) mass is 294 g/mol. The standard InChI is InChI=1S/C13H11ClN2O2S/c14-9-4-3-8(11-7(9)2-1-5-15-11)12-16-10(6-19-12)13(17)18/h1-5,10,12,16H,6H2,(H,17,18)/t10-,12?/m1/s1. The Hall–Kier alpha value is -1.30. The molecule has 0 amide bonds. The Bertz CT molecular complexity index is 650. The summed E-state index contributed by atoms with van der Waals surface area (Å²) in [6, 6.07) is 6.99. The van der Waals surface area contributed by atoms with Gasteiger partial charge >= 0.3 is 5.97 Å². The highest BCUT2D eigenvalue weighted by Gasteiger charge is 2.31. The van der Waals surface area contributed by atoms with Gasteiger partial charge in [-0.3, -0.25) is 15.1 Å². The van der Waals surface area contributed by atoms with Crippen LogP contribution in [0.4, 0.5) is 0 Å². The lowest BCUT2D eigenvalue weighted by molar-refractivity contribution is -0.138. The Morgan fingerprint density at radius 1 is 1.47 bits per heavy atom. The molecule has 1 aliphatic rings. The molecule has 1 aromatic heterocycles. The van der Waals surface area contributed by atoms with E-state index < -0.39 is 12.0 Å². The highest BCUT2D eigenvalue weighted by Crippen LogP contribution is 2.37. The SMILES string of the molecule is O=C(O)[C@H]1CSC(c2ccc(Cl)c3cccnc23)N1. The number of thioether (sulfide) groups is 1.